The van der Waals surface area contributed by atoms with E-state index in [-0.39, 0.29) is 11.9 Å². The molecule has 0 unspecified atom stereocenters. The van der Waals surface area contributed by atoms with Crippen molar-refractivity contribution >= 4 is 22.5 Å². The molecular formula is C24H32N6O. The van der Waals surface area contributed by atoms with Crippen LogP contribution >= 0.6 is 0 Å². The number of carbonyl (C=O) groups excluding carboxylic acids is 1. The third kappa shape index (κ3) is 5.13. The summed E-state index contributed by atoms with van der Waals surface area (Å²) in [6.45, 7) is 6.19. The maximum Gasteiger partial charge on any atom is 0.220 e. The summed E-state index contributed by atoms with van der Waals surface area (Å²) >= 11 is 0. The first-order chi connectivity index (χ1) is 15.0. The Morgan fingerprint density at radius 1 is 1.29 bits per heavy atom. The molecule has 0 aliphatic carbocycles. The number of nitriles is 1. The van der Waals surface area contributed by atoms with Gasteiger partial charge in [0.15, 0.2) is 0 Å². The Bertz CT molecular complexity index is 962. The monoisotopic (exact) mass is 420 g/mol. The van der Waals surface area contributed by atoms with Crippen LogP contribution in [-0.4, -0.2) is 60.0 Å². The number of fused-ring (bicyclic) bond motifs is 1. The van der Waals surface area contributed by atoms with Crippen molar-refractivity contribution in [1.29, 1.82) is 5.26 Å². The van der Waals surface area contributed by atoms with Crippen LogP contribution in [0.15, 0.2) is 24.7 Å². The average Bonchev–Trinajstić information content (AvgIpc) is 2.77. The highest BCUT2D eigenvalue weighted by Crippen LogP contribution is 2.31. The summed E-state index contributed by atoms with van der Waals surface area (Å²) < 4.78 is 0. The van der Waals surface area contributed by atoms with Crippen LogP contribution in [0.2, 0.25) is 0 Å². The van der Waals surface area contributed by atoms with E-state index >= 15 is 0 Å². The predicted molar refractivity (Wildman–Crippen MR) is 122 cm³/mol. The molecule has 0 spiro atoms. The number of nitrogens with one attached hydrogen (secondary N) is 1. The standard InChI is InChI=1S/C24H32N6O/c1-17-11-20(28-23(31)6-3-18-7-9-29(2)10-8-18)15-30(14-17)22-5-4-19(12-25)24-21(22)13-26-16-27-24/h4-5,13,16-18,20H,3,6-11,14-15H2,1-2H3,(H,28,31)/t17-,20+/m0/s1. The molecule has 2 aliphatic heterocycles. The molecule has 164 valence electrons. The molecule has 4 rings (SSSR count). The molecule has 31 heavy (non-hydrogen) atoms. The van der Waals surface area contributed by atoms with Crippen LogP contribution < -0.4 is 10.2 Å². The lowest BCUT2D eigenvalue weighted by molar-refractivity contribution is -0.122. The molecule has 3 heterocycles. The van der Waals surface area contributed by atoms with Crippen molar-refractivity contribution in [2.75, 3.05) is 38.1 Å². The van der Waals surface area contributed by atoms with Gasteiger partial charge in [-0.2, -0.15) is 5.26 Å². The minimum atomic E-state index is 0.129. The number of likely N-dealkylation sites (tertiary alicyclic amines) is 1. The van der Waals surface area contributed by atoms with Crippen LogP contribution in [0.5, 0.6) is 0 Å². The van der Waals surface area contributed by atoms with Crippen molar-refractivity contribution in [2.45, 2.75) is 45.1 Å². The van der Waals surface area contributed by atoms with Crippen molar-refractivity contribution in [3.63, 3.8) is 0 Å². The van der Waals surface area contributed by atoms with E-state index < -0.39 is 0 Å². The third-order valence-corrected chi connectivity index (χ3v) is 6.75. The van der Waals surface area contributed by atoms with Crippen LogP contribution in [0.3, 0.4) is 0 Å². The van der Waals surface area contributed by atoms with Gasteiger partial charge in [0.2, 0.25) is 5.91 Å². The van der Waals surface area contributed by atoms with Gasteiger partial charge in [0.05, 0.1) is 11.1 Å². The average molecular weight is 421 g/mol. The Morgan fingerprint density at radius 2 is 2.10 bits per heavy atom. The Labute approximate surface area is 184 Å². The molecule has 2 saturated heterocycles. The highest BCUT2D eigenvalue weighted by molar-refractivity contribution is 5.94. The summed E-state index contributed by atoms with van der Waals surface area (Å²) in [5, 5.41) is 13.6. The van der Waals surface area contributed by atoms with Gasteiger partial charge in [-0.25, -0.2) is 9.97 Å². The molecule has 1 aromatic heterocycles. The van der Waals surface area contributed by atoms with Crippen LogP contribution in [0, 0.1) is 23.2 Å². The van der Waals surface area contributed by atoms with Crippen molar-refractivity contribution in [3.05, 3.63) is 30.2 Å². The zero-order chi connectivity index (χ0) is 21.8. The number of benzene rings is 1. The molecule has 1 aromatic carbocycles. The number of hydrogen-bond acceptors (Lipinski definition) is 6. The molecule has 2 atom stereocenters. The van der Waals surface area contributed by atoms with E-state index in [2.05, 4.69) is 45.1 Å². The second-order valence-corrected chi connectivity index (χ2v) is 9.32. The van der Waals surface area contributed by atoms with Crippen LogP contribution in [0.1, 0.15) is 44.6 Å². The summed E-state index contributed by atoms with van der Waals surface area (Å²) in [5.41, 5.74) is 2.28. The minimum absolute atomic E-state index is 0.129. The van der Waals surface area contributed by atoms with Gasteiger partial charge in [-0.05, 0) is 69.8 Å². The van der Waals surface area contributed by atoms with Gasteiger partial charge >= 0.3 is 0 Å². The van der Waals surface area contributed by atoms with Gasteiger partial charge in [0.25, 0.3) is 0 Å². The lowest BCUT2D eigenvalue weighted by atomic mass is 9.91. The fourth-order valence-electron chi connectivity index (χ4n) is 5.07. The van der Waals surface area contributed by atoms with Crippen LogP contribution in [0.4, 0.5) is 5.69 Å². The Hall–Kier alpha value is -2.72. The molecule has 7 nitrogen and oxygen atoms in total. The van der Waals surface area contributed by atoms with Gasteiger partial charge in [0.1, 0.15) is 12.4 Å². The van der Waals surface area contributed by atoms with Crippen molar-refractivity contribution in [3.8, 4) is 6.07 Å². The van der Waals surface area contributed by atoms with Crippen molar-refractivity contribution in [1.82, 2.24) is 20.2 Å². The smallest absolute Gasteiger partial charge is 0.220 e. The first-order valence-corrected chi connectivity index (χ1v) is 11.4. The van der Waals surface area contributed by atoms with E-state index in [0.29, 0.717) is 29.3 Å². The van der Waals surface area contributed by atoms with Gasteiger partial charge in [0, 0.05) is 42.8 Å². The maximum atomic E-state index is 12.7. The maximum absolute atomic E-state index is 12.7. The van der Waals surface area contributed by atoms with E-state index in [1.807, 2.05) is 12.1 Å². The summed E-state index contributed by atoms with van der Waals surface area (Å²) in [5.74, 6) is 1.31. The Balaban J connectivity index is 1.40. The summed E-state index contributed by atoms with van der Waals surface area (Å²) in [7, 11) is 2.17. The first-order valence-electron chi connectivity index (χ1n) is 11.4. The summed E-state index contributed by atoms with van der Waals surface area (Å²) in [4.78, 5) is 25.9. The lowest BCUT2D eigenvalue weighted by Crippen LogP contribution is -2.50. The zero-order valence-corrected chi connectivity index (χ0v) is 18.5. The van der Waals surface area contributed by atoms with E-state index in [1.54, 1.807) is 6.20 Å². The van der Waals surface area contributed by atoms with Gasteiger partial charge in [-0.3, -0.25) is 4.79 Å². The molecule has 2 fully saturated rings. The second-order valence-electron chi connectivity index (χ2n) is 9.32. The van der Waals surface area contributed by atoms with Gasteiger partial charge in [-0.15, -0.1) is 0 Å². The number of carbonyl (C=O) groups is 1. The third-order valence-electron chi connectivity index (χ3n) is 6.75. The topological polar surface area (TPSA) is 85.2 Å². The number of piperidine rings is 2. The van der Waals surface area contributed by atoms with E-state index in [1.165, 1.54) is 19.2 Å². The van der Waals surface area contributed by atoms with E-state index in [0.717, 1.165) is 50.1 Å². The Kier molecular flexibility index (Phi) is 6.67. The van der Waals surface area contributed by atoms with E-state index in [9.17, 15) is 10.1 Å². The quantitative estimate of drug-likeness (QED) is 0.801. The number of rotatable bonds is 5. The number of nitrogens with zero attached hydrogens (tertiary/aromatic N) is 5. The highest BCUT2D eigenvalue weighted by Gasteiger charge is 2.28. The molecule has 1 N–H and O–H groups in total. The fraction of sp³-hybridized carbons (Fsp3) is 0.583. The Morgan fingerprint density at radius 3 is 2.87 bits per heavy atom. The van der Waals surface area contributed by atoms with Gasteiger partial charge in [-0.1, -0.05) is 6.92 Å². The largest absolute Gasteiger partial charge is 0.369 e. The predicted octanol–water partition coefficient (Wildman–Crippen LogP) is 2.95. The molecule has 0 bridgehead atoms. The molecule has 2 aliphatic rings. The molecule has 7 heteroatoms. The molecule has 0 saturated carbocycles. The number of aromatic nitrogens is 2. The number of anilines is 1. The lowest BCUT2D eigenvalue weighted by Gasteiger charge is -2.38. The van der Waals surface area contributed by atoms with Gasteiger partial charge < -0.3 is 15.1 Å². The highest BCUT2D eigenvalue weighted by atomic mass is 16.1. The number of amides is 1. The van der Waals surface area contributed by atoms with Crippen molar-refractivity contribution < 1.29 is 4.79 Å². The first kappa shape index (κ1) is 21.5. The zero-order valence-electron chi connectivity index (χ0n) is 18.5. The van der Waals surface area contributed by atoms with E-state index in [4.69, 9.17) is 0 Å². The molecule has 1 amide bonds. The van der Waals surface area contributed by atoms with Crippen molar-refractivity contribution in [2.24, 2.45) is 11.8 Å². The summed E-state index contributed by atoms with van der Waals surface area (Å²) in [6.07, 6.45) is 8.27. The number of hydrogen-bond donors (Lipinski definition) is 1. The normalized spacial score (nSPS) is 22.9. The minimum Gasteiger partial charge on any atom is -0.369 e. The fourth-order valence-corrected chi connectivity index (χ4v) is 5.07. The molecule has 0 radical (unpaired) electrons. The summed E-state index contributed by atoms with van der Waals surface area (Å²) in [6, 6.07) is 6.17. The van der Waals surface area contributed by atoms with Crippen LogP contribution in [-0.2, 0) is 4.79 Å². The van der Waals surface area contributed by atoms with Crippen LogP contribution in [0.25, 0.3) is 10.9 Å². The SMILES string of the molecule is C[C@H]1C[C@@H](NC(=O)CCC2CCN(C)CC2)CN(c2ccc(C#N)c3ncncc23)C1. The molecule has 2 aromatic rings. The second kappa shape index (κ2) is 9.61. The molecular weight excluding hydrogens is 388 g/mol.